The molecule has 2 N–H and O–H groups in total. The third-order valence-electron chi connectivity index (χ3n) is 6.00. The molecule has 3 rings (SSSR count). The molecule has 1 atom stereocenters. The molecule has 0 bridgehead atoms. The van der Waals surface area contributed by atoms with Gasteiger partial charge in [0.05, 0.1) is 0 Å². The van der Waals surface area contributed by atoms with Crippen LogP contribution in [0.3, 0.4) is 0 Å². The Bertz CT molecular complexity index is 474. The summed E-state index contributed by atoms with van der Waals surface area (Å²) in [6, 6.07) is 9.45. The zero-order valence-electron chi connectivity index (χ0n) is 13.6. The van der Waals surface area contributed by atoms with E-state index in [1.165, 1.54) is 50.8 Å². The maximum absolute atomic E-state index is 6.20. The van der Waals surface area contributed by atoms with Gasteiger partial charge in [0.25, 0.3) is 0 Å². The number of hydrogen-bond donors (Lipinski definition) is 1. The van der Waals surface area contributed by atoms with E-state index in [1.54, 1.807) is 5.56 Å². The van der Waals surface area contributed by atoms with Gasteiger partial charge in [0.15, 0.2) is 0 Å². The summed E-state index contributed by atoms with van der Waals surface area (Å²) in [7, 11) is 0. The molecular formula is C19H30N2. The smallest absolute Gasteiger partial charge is 0.0473 e. The van der Waals surface area contributed by atoms with Crippen LogP contribution in [0, 0.1) is 5.41 Å². The van der Waals surface area contributed by atoms with Gasteiger partial charge in [0.2, 0.25) is 0 Å². The molecule has 0 radical (unpaired) electrons. The van der Waals surface area contributed by atoms with E-state index in [0.717, 1.165) is 12.5 Å². The fourth-order valence-electron chi connectivity index (χ4n) is 4.12. The highest BCUT2D eigenvalue weighted by Gasteiger charge is 2.39. The summed E-state index contributed by atoms with van der Waals surface area (Å²) in [6.45, 7) is 7.88. The zero-order chi connectivity index (χ0) is 14.9. The van der Waals surface area contributed by atoms with Gasteiger partial charge in [0, 0.05) is 19.1 Å². The molecule has 2 aliphatic rings. The average Bonchev–Trinajstić information content (AvgIpc) is 3.29. The lowest BCUT2D eigenvalue weighted by molar-refractivity contribution is 0.197. The van der Waals surface area contributed by atoms with Crippen LogP contribution in [0.1, 0.15) is 69.0 Å². The number of nitrogens with zero attached hydrogens (tertiary/aromatic N) is 1. The van der Waals surface area contributed by atoms with Crippen LogP contribution in [-0.4, -0.2) is 24.5 Å². The Morgan fingerprint density at radius 2 is 1.95 bits per heavy atom. The van der Waals surface area contributed by atoms with Crippen molar-refractivity contribution in [3.63, 3.8) is 0 Å². The molecule has 21 heavy (non-hydrogen) atoms. The Morgan fingerprint density at radius 3 is 2.52 bits per heavy atom. The first kappa shape index (κ1) is 15.1. The normalized spacial score (nSPS) is 23.4. The molecule has 0 aromatic heterocycles. The quantitative estimate of drug-likeness (QED) is 0.854. The van der Waals surface area contributed by atoms with Gasteiger partial charge in [-0.1, -0.05) is 38.1 Å². The average molecular weight is 286 g/mol. The van der Waals surface area contributed by atoms with Crippen LogP contribution >= 0.6 is 0 Å². The van der Waals surface area contributed by atoms with Crippen molar-refractivity contribution in [3.8, 4) is 0 Å². The van der Waals surface area contributed by atoms with Crippen molar-refractivity contribution in [2.45, 2.75) is 57.9 Å². The van der Waals surface area contributed by atoms with Crippen molar-refractivity contribution in [1.82, 2.24) is 4.90 Å². The second-order valence-corrected chi connectivity index (χ2v) is 7.08. The molecule has 1 aliphatic heterocycles. The number of likely N-dealkylation sites (tertiary alicyclic amines) is 1. The molecule has 1 unspecified atom stereocenters. The van der Waals surface area contributed by atoms with Gasteiger partial charge in [-0.25, -0.2) is 0 Å². The number of rotatable bonds is 6. The van der Waals surface area contributed by atoms with Gasteiger partial charge in [0.1, 0.15) is 0 Å². The zero-order valence-corrected chi connectivity index (χ0v) is 13.6. The molecule has 1 aromatic rings. The van der Waals surface area contributed by atoms with Crippen molar-refractivity contribution < 1.29 is 0 Å². The lowest BCUT2D eigenvalue weighted by Gasteiger charge is -2.32. The van der Waals surface area contributed by atoms with Crippen molar-refractivity contribution in [2.24, 2.45) is 11.1 Å². The van der Waals surface area contributed by atoms with Crippen LogP contribution < -0.4 is 5.73 Å². The Hall–Kier alpha value is -0.860. The second kappa shape index (κ2) is 6.10. The van der Waals surface area contributed by atoms with E-state index in [2.05, 4.69) is 43.0 Å². The molecule has 116 valence electrons. The maximum atomic E-state index is 6.20. The Labute approximate surface area is 129 Å². The van der Waals surface area contributed by atoms with E-state index < -0.39 is 0 Å². The minimum Gasteiger partial charge on any atom is -0.329 e. The molecule has 2 nitrogen and oxygen atoms in total. The molecule has 0 amide bonds. The molecule has 2 heteroatoms. The van der Waals surface area contributed by atoms with Crippen LogP contribution in [0.5, 0.6) is 0 Å². The van der Waals surface area contributed by atoms with Gasteiger partial charge >= 0.3 is 0 Å². The van der Waals surface area contributed by atoms with Crippen LogP contribution in [0.2, 0.25) is 0 Å². The van der Waals surface area contributed by atoms with Crippen LogP contribution in [0.4, 0.5) is 0 Å². The molecule has 0 spiro atoms. The minimum absolute atomic E-state index is 0.418. The molecule has 1 heterocycles. The molecule has 1 saturated heterocycles. The highest BCUT2D eigenvalue weighted by Crippen LogP contribution is 2.45. The largest absolute Gasteiger partial charge is 0.329 e. The summed E-state index contributed by atoms with van der Waals surface area (Å²) < 4.78 is 0. The summed E-state index contributed by atoms with van der Waals surface area (Å²) in [5.74, 6) is 0.806. The Morgan fingerprint density at radius 1 is 1.24 bits per heavy atom. The Kier molecular flexibility index (Phi) is 4.37. The highest BCUT2D eigenvalue weighted by atomic mass is 15.2. The summed E-state index contributed by atoms with van der Waals surface area (Å²) in [5.41, 5.74) is 9.81. The number of nitrogens with two attached hydrogens (primary N) is 1. The van der Waals surface area contributed by atoms with Crippen molar-refractivity contribution >= 4 is 0 Å². The molecule has 1 aromatic carbocycles. The lowest BCUT2D eigenvalue weighted by atomic mass is 9.82. The maximum Gasteiger partial charge on any atom is 0.0473 e. The predicted molar refractivity (Wildman–Crippen MR) is 89.4 cm³/mol. The molecule has 1 aliphatic carbocycles. The third kappa shape index (κ3) is 2.89. The summed E-state index contributed by atoms with van der Waals surface area (Å²) in [4.78, 5) is 2.66. The number of benzene rings is 1. The van der Waals surface area contributed by atoms with Gasteiger partial charge in [-0.2, -0.15) is 0 Å². The van der Waals surface area contributed by atoms with Crippen molar-refractivity contribution in [3.05, 3.63) is 35.4 Å². The van der Waals surface area contributed by atoms with Crippen LogP contribution in [-0.2, 0) is 0 Å². The van der Waals surface area contributed by atoms with E-state index in [1.807, 2.05) is 0 Å². The van der Waals surface area contributed by atoms with Crippen molar-refractivity contribution in [1.29, 1.82) is 0 Å². The number of hydrogen-bond acceptors (Lipinski definition) is 2. The SMILES string of the molecule is CCC1(CC)CCN(C(CN)c2ccccc2C2CC2)C1. The van der Waals surface area contributed by atoms with E-state index in [-0.39, 0.29) is 0 Å². The fourth-order valence-corrected chi connectivity index (χ4v) is 4.12. The minimum atomic E-state index is 0.418. The second-order valence-electron chi connectivity index (χ2n) is 7.08. The summed E-state index contributed by atoms with van der Waals surface area (Å²) in [6.07, 6.45) is 6.65. The predicted octanol–water partition coefficient (Wildman–Crippen LogP) is 4.08. The Balaban J connectivity index is 1.83. The van der Waals surface area contributed by atoms with Crippen molar-refractivity contribution in [2.75, 3.05) is 19.6 Å². The topological polar surface area (TPSA) is 29.3 Å². The van der Waals surface area contributed by atoms with E-state index in [4.69, 9.17) is 5.73 Å². The fraction of sp³-hybridized carbons (Fsp3) is 0.684. The first-order valence-electron chi connectivity index (χ1n) is 8.76. The summed E-state index contributed by atoms with van der Waals surface area (Å²) >= 11 is 0. The first-order chi connectivity index (χ1) is 10.2. The lowest BCUT2D eigenvalue weighted by Crippen LogP contribution is -2.34. The van der Waals surface area contributed by atoms with Crippen LogP contribution in [0.25, 0.3) is 0 Å². The standard InChI is InChI=1S/C19H30N2/c1-3-19(4-2)11-12-21(14-19)18(13-20)17-8-6-5-7-16(17)15-9-10-15/h5-8,15,18H,3-4,9-14,20H2,1-2H3. The van der Waals surface area contributed by atoms with E-state index >= 15 is 0 Å². The third-order valence-corrected chi connectivity index (χ3v) is 6.00. The van der Waals surface area contributed by atoms with Gasteiger partial charge < -0.3 is 5.73 Å². The van der Waals surface area contributed by atoms with Gasteiger partial charge in [-0.15, -0.1) is 0 Å². The van der Waals surface area contributed by atoms with Crippen LogP contribution in [0.15, 0.2) is 24.3 Å². The van der Waals surface area contributed by atoms with Gasteiger partial charge in [-0.05, 0) is 61.1 Å². The van der Waals surface area contributed by atoms with E-state index in [9.17, 15) is 0 Å². The molecule has 1 saturated carbocycles. The van der Waals surface area contributed by atoms with E-state index in [0.29, 0.717) is 11.5 Å². The highest BCUT2D eigenvalue weighted by molar-refractivity contribution is 5.36. The molecular weight excluding hydrogens is 256 g/mol. The molecule has 2 fully saturated rings. The monoisotopic (exact) mass is 286 g/mol. The summed E-state index contributed by atoms with van der Waals surface area (Å²) in [5, 5.41) is 0. The first-order valence-corrected chi connectivity index (χ1v) is 8.76. The van der Waals surface area contributed by atoms with Gasteiger partial charge in [-0.3, -0.25) is 4.90 Å².